The van der Waals surface area contributed by atoms with E-state index < -0.39 is 11.6 Å². The lowest BCUT2D eigenvalue weighted by atomic mass is 10.2. The summed E-state index contributed by atoms with van der Waals surface area (Å²) < 4.78 is 27.4. The van der Waals surface area contributed by atoms with Gasteiger partial charge >= 0.3 is 0 Å². The summed E-state index contributed by atoms with van der Waals surface area (Å²) >= 11 is 0.861. The van der Waals surface area contributed by atoms with Gasteiger partial charge in [-0.1, -0.05) is 0 Å². The molecule has 0 bridgehead atoms. The van der Waals surface area contributed by atoms with Crippen molar-refractivity contribution >= 4 is 11.8 Å². The second-order valence-corrected chi connectivity index (χ2v) is 4.65. The van der Waals surface area contributed by atoms with Crippen molar-refractivity contribution in [2.45, 2.75) is 23.5 Å². The first-order valence-corrected chi connectivity index (χ1v) is 6.07. The van der Waals surface area contributed by atoms with Crippen molar-refractivity contribution in [2.75, 3.05) is 0 Å². The molecule has 0 fully saturated rings. The molecular formula is C12H11F2N3S. The molecule has 3 nitrogen and oxygen atoms in total. The zero-order chi connectivity index (χ0) is 13.1. The number of halogens is 2. The summed E-state index contributed by atoms with van der Waals surface area (Å²) in [4.78, 5) is 7.93. The number of aryl methyl sites for hydroxylation is 1. The minimum atomic E-state index is -0.648. The van der Waals surface area contributed by atoms with E-state index >= 15 is 0 Å². The molecule has 1 aromatic carbocycles. The topological polar surface area (TPSA) is 51.8 Å². The average Bonchev–Trinajstić information content (AvgIpc) is 2.33. The molecule has 0 saturated carbocycles. The van der Waals surface area contributed by atoms with Crippen LogP contribution in [0.1, 0.15) is 11.3 Å². The van der Waals surface area contributed by atoms with Crippen molar-refractivity contribution in [1.82, 2.24) is 9.97 Å². The Balaban J connectivity index is 2.35. The van der Waals surface area contributed by atoms with Crippen LogP contribution in [-0.2, 0) is 6.54 Å². The van der Waals surface area contributed by atoms with Gasteiger partial charge in [-0.25, -0.2) is 18.7 Å². The smallest absolute Gasteiger partial charge is 0.192 e. The van der Waals surface area contributed by atoms with Gasteiger partial charge < -0.3 is 5.73 Å². The van der Waals surface area contributed by atoms with Crippen LogP contribution in [0.5, 0.6) is 0 Å². The zero-order valence-corrected chi connectivity index (χ0v) is 10.5. The van der Waals surface area contributed by atoms with Crippen LogP contribution < -0.4 is 5.73 Å². The summed E-state index contributed by atoms with van der Waals surface area (Å²) in [6.45, 7) is 1.88. The fourth-order valence-electron chi connectivity index (χ4n) is 1.39. The molecule has 0 saturated heterocycles. The van der Waals surface area contributed by atoms with E-state index in [1.165, 1.54) is 12.1 Å². The summed E-state index contributed by atoms with van der Waals surface area (Å²) in [7, 11) is 0. The van der Waals surface area contributed by atoms with Gasteiger partial charge in [0, 0.05) is 18.4 Å². The van der Waals surface area contributed by atoms with Crippen molar-refractivity contribution in [3.8, 4) is 0 Å². The molecule has 0 spiro atoms. The van der Waals surface area contributed by atoms with Gasteiger partial charge in [0.15, 0.2) is 5.16 Å². The number of nitrogens with zero attached hydrogens (tertiary/aromatic N) is 2. The molecule has 94 valence electrons. The standard InChI is InChI=1S/C12H11F2N3S/c1-7-2-3-16-12(17-7)18-11-9(13)4-8(6-15)5-10(11)14/h2-5H,6,15H2,1H3. The average molecular weight is 267 g/mol. The van der Waals surface area contributed by atoms with E-state index in [-0.39, 0.29) is 11.4 Å². The van der Waals surface area contributed by atoms with E-state index in [0.29, 0.717) is 10.7 Å². The molecule has 0 aliphatic carbocycles. The Kier molecular flexibility index (Phi) is 3.88. The predicted molar refractivity (Wildman–Crippen MR) is 65.1 cm³/mol. The van der Waals surface area contributed by atoms with Gasteiger partial charge in [-0.2, -0.15) is 0 Å². The maximum absolute atomic E-state index is 13.7. The Morgan fingerprint density at radius 1 is 1.28 bits per heavy atom. The first-order valence-electron chi connectivity index (χ1n) is 5.25. The highest BCUT2D eigenvalue weighted by Crippen LogP contribution is 2.30. The maximum Gasteiger partial charge on any atom is 0.192 e. The number of aromatic nitrogens is 2. The van der Waals surface area contributed by atoms with Crippen LogP contribution in [-0.4, -0.2) is 9.97 Å². The number of rotatable bonds is 3. The molecule has 0 amide bonds. The molecule has 18 heavy (non-hydrogen) atoms. The monoisotopic (exact) mass is 267 g/mol. The van der Waals surface area contributed by atoms with Gasteiger partial charge in [-0.3, -0.25) is 0 Å². The first kappa shape index (κ1) is 12.9. The number of hydrogen-bond donors (Lipinski definition) is 1. The molecule has 0 radical (unpaired) electrons. The molecule has 2 aromatic rings. The molecule has 1 heterocycles. The molecular weight excluding hydrogens is 256 g/mol. The largest absolute Gasteiger partial charge is 0.326 e. The highest BCUT2D eigenvalue weighted by atomic mass is 32.2. The van der Waals surface area contributed by atoms with Crippen molar-refractivity contribution in [3.05, 3.63) is 47.3 Å². The SMILES string of the molecule is Cc1ccnc(Sc2c(F)cc(CN)cc2F)n1. The van der Waals surface area contributed by atoms with E-state index in [2.05, 4.69) is 9.97 Å². The van der Waals surface area contributed by atoms with E-state index in [4.69, 9.17) is 5.73 Å². The minimum absolute atomic E-state index is 0.0970. The van der Waals surface area contributed by atoms with Crippen LogP contribution in [0, 0.1) is 18.6 Å². The lowest BCUT2D eigenvalue weighted by Gasteiger charge is -2.06. The molecule has 1 aromatic heterocycles. The van der Waals surface area contributed by atoms with Crippen LogP contribution >= 0.6 is 11.8 Å². The third kappa shape index (κ3) is 2.83. The lowest BCUT2D eigenvalue weighted by Crippen LogP contribution is -2.00. The molecule has 6 heteroatoms. The highest BCUT2D eigenvalue weighted by Gasteiger charge is 2.13. The summed E-state index contributed by atoms with van der Waals surface area (Å²) in [5, 5.41) is 0.313. The predicted octanol–water partition coefficient (Wildman–Crippen LogP) is 2.67. The van der Waals surface area contributed by atoms with E-state index in [9.17, 15) is 8.78 Å². The van der Waals surface area contributed by atoms with Crippen LogP contribution in [0.15, 0.2) is 34.4 Å². The minimum Gasteiger partial charge on any atom is -0.326 e. The van der Waals surface area contributed by atoms with Gasteiger partial charge in [-0.15, -0.1) is 0 Å². The summed E-state index contributed by atoms with van der Waals surface area (Å²) in [6.07, 6.45) is 1.55. The van der Waals surface area contributed by atoms with Crippen LogP contribution in [0.3, 0.4) is 0 Å². The molecule has 0 unspecified atom stereocenters. The van der Waals surface area contributed by atoms with Crippen molar-refractivity contribution in [2.24, 2.45) is 5.73 Å². The van der Waals surface area contributed by atoms with Gasteiger partial charge in [0.05, 0.1) is 4.90 Å². The second kappa shape index (κ2) is 5.41. The summed E-state index contributed by atoms with van der Waals surface area (Å²) in [5.74, 6) is -1.30. The third-order valence-electron chi connectivity index (χ3n) is 2.26. The van der Waals surface area contributed by atoms with Crippen LogP contribution in [0.2, 0.25) is 0 Å². The third-order valence-corrected chi connectivity index (χ3v) is 3.23. The van der Waals surface area contributed by atoms with E-state index in [1.54, 1.807) is 19.2 Å². The van der Waals surface area contributed by atoms with Crippen molar-refractivity contribution in [3.63, 3.8) is 0 Å². The Morgan fingerprint density at radius 3 is 2.50 bits per heavy atom. The second-order valence-electron chi connectivity index (χ2n) is 3.68. The van der Waals surface area contributed by atoms with Gasteiger partial charge in [0.25, 0.3) is 0 Å². The van der Waals surface area contributed by atoms with Gasteiger partial charge in [-0.05, 0) is 42.4 Å². The summed E-state index contributed by atoms with van der Waals surface area (Å²) in [6, 6.07) is 4.16. The first-order chi connectivity index (χ1) is 8.60. The number of nitrogens with two attached hydrogens (primary N) is 1. The van der Waals surface area contributed by atoms with Crippen LogP contribution in [0.4, 0.5) is 8.78 Å². The Morgan fingerprint density at radius 2 is 1.94 bits per heavy atom. The summed E-state index contributed by atoms with van der Waals surface area (Å²) in [5.41, 5.74) is 6.50. The number of benzene rings is 1. The molecule has 2 N–H and O–H groups in total. The van der Waals surface area contributed by atoms with E-state index in [1.807, 2.05) is 0 Å². The van der Waals surface area contributed by atoms with Gasteiger partial charge in [0.1, 0.15) is 11.6 Å². The fourth-order valence-corrected chi connectivity index (χ4v) is 2.19. The molecule has 0 atom stereocenters. The lowest BCUT2D eigenvalue weighted by molar-refractivity contribution is 0.537. The fraction of sp³-hybridized carbons (Fsp3) is 0.167. The van der Waals surface area contributed by atoms with Crippen molar-refractivity contribution < 1.29 is 8.78 Å². The Hall–Kier alpha value is -1.53. The number of hydrogen-bond acceptors (Lipinski definition) is 4. The van der Waals surface area contributed by atoms with Crippen molar-refractivity contribution in [1.29, 1.82) is 0 Å². The molecule has 2 rings (SSSR count). The van der Waals surface area contributed by atoms with E-state index in [0.717, 1.165) is 17.5 Å². The quantitative estimate of drug-likeness (QED) is 0.869. The Bertz CT molecular complexity index is 552. The normalized spacial score (nSPS) is 10.7. The molecule has 0 aliphatic heterocycles. The maximum atomic E-state index is 13.7. The van der Waals surface area contributed by atoms with Gasteiger partial charge in [0.2, 0.25) is 0 Å². The molecule has 0 aliphatic rings. The Labute approximate surface area is 107 Å². The highest BCUT2D eigenvalue weighted by molar-refractivity contribution is 7.99. The zero-order valence-electron chi connectivity index (χ0n) is 9.65. The van der Waals surface area contributed by atoms with Crippen LogP contribution in [0.25, 0.3) is 0 Å².